The van der Waals surface area contributed by atoms with Crippen molar-refractivity contribution in [3.63, 3.8) is 0 Å². The zero-order chi connectivity index (χ0) is 10.8. The first-order chi connectivity index (χ1) is 6.40. The molecule has 3 heteroatoms. The van der Waals surface area contributed by atoms with Crippen molar-refractivity contribution in [1.82, 2.24) is 9.55 Å². The SMILES string of the molecule is Cn1ccnc1C(=O)/C=C/C(C)(C)C. The van der Waals surface area contributed by atoms with Crippen LogP contribution in [-0.4, -0.2) is 15.3 Å². The van der Waals surface area contributed by atoms with Gasteiger partial charge in [0.2, 0.25) is 5.78 Å². The third-order valence-corrected chi connectivity index (χ3v) is 1.78. The minimum absolute atomic E-state index is 0.0286. The van der Waals surface area contributed by atoms with Crippen molar-refractivity contribution in [2.75, 3.05) is 0 Å². The van der Waals surface area contributed by atoms with E-state index in [-0.39, 0.29) is 11.2 Å². The molecule has 1 aromatic rings. The van der Waals surface area contributed by atoms with Gasteiger partial charge in [0.05, 0.1) is 0 Å². The highest BCUT2D eigenvalue weighted by Gasteiger charge is 2.09. The van der Waals surface area contributed by atoms with Gasteiger partial charge in [-0.3, -0.25) is 4.79 Å². The van der Waals surface area contributed by atoms with Gasteiger partial charge in [0.15, 0.2) is 5.82 Å². The Kier molecular flexibility index (Phi) is 2.89. The molecule has 0 amide bonds. The van der Waals surface area contributed by atoms with Gasteiger partial charge in [0.1, 0.15) is 0 Å². The van der Waals surface area contributed by atoms with Crippen LogP contribution in [0.4, 0.5) is 0 Å². The maximum Gasteiger partial charge on any atom is 0.220 e. The second kappa shape index (κ2) is 3.78. The maximum atomic E-state index is 11.6. The summed E-state index contributed by atoms with van der Waals surface area (Å²) in [6.07, 6.45) is 6.86. The molecule has 0 aliphatic carbocycles. The molecule has 0 atom stereocenters. The Bertz CT molecular complexity index is 356. The minimum Gasteiger partial charge on any atom is -0.331 e. The van der Waals surface area contributed by atoms with Crippen LogP contribution in [0.1, 0.15) is 31.4 Å². The van der Waals surface area contributed by atoms with Crippen molar-refractivity contribution in [3.05, 3.63) is 30.4 Å². The molecule has 0 aromatic carbocycles. The second-order valence-corrected chi connectivity index (χ2v) is 4.43. The number of nitrogens with zero attached hydrogens (tertiary/aromatic N) is 2. The molecule has 3 nitrogen and oxygen atoms in total. The summed E-state index contributed by atoms with van der Waals surface area (Å²) in [6, 6.07) is 0. The lowest BCUT2D eigenvalue weighted by Gasteiger charge is -2.10. The number of rotatable bonds is 2. The van der Waals surface area contributed by atoms with Gasteiger partial charge in [-0.2, -0.15) is 0 Å². The normalized spacial score (nSPS) is 12.3. The van der Waals surface area contributed by atoms with Crippen molar-refractivity contribution < 1.29 is 4.79 Å². The molecule has 0 N–H and O–H groups in total. The van der Waals surface area contributed by atoms with E-state index in [1.807, 2.05) is 13.1 Å². The standard InChI is InChI=1S/C11H16N2O/c1-11(2,3)6-5-9(14)10-12-7-8-13(10)4/h5-8H,1-4H3/b6-5+. The summed E-state index contributed by atoms with van der Waals surface area (Å²) in [5.74, 6) is 0.429. The molecular formula is C11H16N2O. The van der Waals surface area contributed by atoms with Crippen LogP contribution in [0.25, 0.3) is 0 Å². The summed E-state index contributed by atoms with van der Waals surface area (Å²) < 4.78 is 1.72. The third kappa shape index (κ3) is 2.83. The number of hydrogen-bond donors (Lipinski definition) is 0. The van der Waals surface area contributed by atoms with E-state index in [0.717, 1.165) is 0 Å². The van der Waals surface area contributed by atoms with Gasteiger partial charge in [-0.1, -0.05) is 26.8 Å². The average molecular weight is 192 g/mol. The number of carbonyl (C=O) groups excluding carboxylic acids is 1. The largest absolute Gasteiger partial charge is 0.331 e. The molecule has 0 radical (unpaired) electrons. The molecule has 1 rings (SSSR count). The lowest BCUT2D eigenvalue weighted by molar-refractivity contribution is 0.103. The van der Waals surface area contributed by atoms with E-state index < -0.39 is 0 Å². The molecule has 0 saturated carbocycles. The van der Waals surface area contributed by atoms with Crippen molar-refractivity contribution in [3.8, 4) is 0 Å². The fourth-order valence-corrected chi connectivity index (χ4v) is 1.00. The molecular weight excluding hydrogens is 176 g/mol. The molecule has 0 spiro atoms. The Morgan fingerprint density at radius 1 is 1.50 bits per heavy atom. The molecule has 0 aliphatic rings. The van der Waals surface area contributed by atoms with Crippen LogP contribution >= 0.6 is 0 Å². The van der Waals surface area contributed by atoms with Crippen LogP contribution < -0.4 is 0 Å². The fourth-order valence-electron chi connectivity index (χ4n) is 1.00. The van der Waals surface area contributed by atoms with Crippen LogP contribution in [0, 0.1) is 5.41 Å². The maximum absolute atomic E-state index is 11.6. The minimum atomic E-state index is -0.0487. The first-order valence-electron chi connectivity index (χ1n) is 4.61. The van der Waals surface area contributed by atoms with Gasteiger partial charge in [-0.05, 0) is 11.5 Å². The number of allylic oxidation sites excluding steroid dienone is 2. The summed E-state index contributed by atoms with van der Waals surface area (Å²) in [7, 11) is 1.81. The molecule has 0 bridgehead atoms. The molecule has 14 heavy (non-hydrogen) atoms. The van der Waals surface area contributed by atoms with Crippen molar-refractivity contribution >= 4 is 5.78 Å². The zero-order valence-corrected chi connectivity index (χ0v) is 9.11. The first kappa shape index (κ1) is 10.7. The van der Waals surface area contributed by atoms with Gasteiger partial charge < -0.3 is 4.57 Å². The Morgan fingerprint density at radius 2 is 2.14 bits per heavy atom. The van der Waals surface area contributed by atoms with Gasteiger partial charge in [-0.15, -0.1) is 0 Å². The van der Waals surface area contributed by atoms with Crippen molar-refractivity contribution in [2.24, 2.45) is 12.5 Å². The lowest BCUT2D eigenvalue weighted by atomic mass is 9.96. The Morgan fingerprint density at radius 3 is 2.57 bits per heavy atom. The number of hydrogen-bond acceptors (Lipinski definition) is 2. The molecule has 0 fully saturated rings. The first-order valence-corrected chi connectivity index (χ1v) is 4.61. The topological polar surface area (TPSA) is 34.9 Å². The van der Waals surface area contributed by atoms with E-state index >= 15 is 0 Å². The zero-order valence-electron chi connectivity index (χ0n) is 9.11. The smallest absolute Gasteiger partial charge is 0.220 e. The highest BCUT2D eigenvalue weighted by Crippen LogP contribution is 2.14. The Labute approximate surface area is 84.5 Å². The highest BCUT2D eigenvalue weighted by molar-refractivity contribution is 6.01. The summed E-state index contributed by atoms with van der Waals surface area (Å²) >= 11 is 0. The van der Waals surface area contributed by atoms with E-state index in [0.29, 0.717) is 5.82 Å². The number of imidazole rings is 1. The van der Waals surface area contributed by atoms with E-state index in [4.69, 9.17) is 0 Å². The highest BCUT2D eigenvalue weighted by atomic mass is 16.1. The molecule has 76 valence electrons. The summed E-state index contributed by atoms with van der Waals surface area (Å²) in [4.78, 5) is 15.6. The van der Waals surface area contributed by atoms with Crippen LogP contribution in [0.3, 0.4) is 0 Å². The molecule has 0 saturated heterocycles. The van der Waals surface area contributed by atoms with Crippen LogP contribution in [-0.2, 0) is 7.05 Å². The summed E-state index contributed by atoms with van der Waals surface area (Å²) in [6.45, 7) is 6.15. The molecule has 1 heterocycles. The lowest BCUT2D eigenvalue weighted by Crippen LogP contribution is -2.06. The summed E-state index contributed by atoms with van der Waals surface area (Å²) in [5, 5.41) is 0. The predicted molar refractivity (Wildman–Crippen MR) is 56.1 cm³/mol. The quantitative estimate of drug-likeness (QED) is 0.532. The monoisotopic (exact) mass is 192 g/mol. The number of carbonyl (C=O) groups is 1. The van der Waals surface area contributed by atoms with Gasteiger partial charge >= 0.3 is 0 Å². The van der Waals surface area contributed by atoms with Gasteiger partial charge in [0.25, 0.3) is 0 Å². The Hall–Kier alpha value is -1.38. The fraction of sp³-hybridized carbons (Fsp3) is 0.455. The van der Waals surface area contributed by atoms with E-state index in [9.17, 15) is 4.79 Å². The summed E-state index contributed by atoms with van der Waals surface area (Å²) in [5.41, 5.74) is 0.0286. The van der Waals surface area contributed by atoms with E-state index in [1.165, 1.54) is 0 Å². The van der Waals surface area contributed by atoms with E-state index in [2.05, 4.69) is 25.8 Å². The third-order valence-electron chi connectivity index (χ3n) is 1.78. The molecule has 0 unspecified atom stereocenters. The van der Waals surface area contributed by atoms with Crippen LogP contribution in [0.5, 0.6) is 0 Å². The Balaban J connectivity index is 2.79. The second-order valence-electron chi connectivity index (χ2n) is 4.43. The average Bonchev–Trinajstić information content (AvgIpc) is 2.46. The number of ketones is 1. The van der Waals surface area contributed by atoms with Crippen LogP contribution in [0.2, 0.25) is 0 Å². The van der Waals surface area contributed by atoms with Gasteiger partial charge in [-0.25, -0.2) is 4.98 Å². The van der Waals surface area contributed by atoms with Crippen LogP contribution in [0.15, 0.2) is 24.5 Å². The van der Waals surface area contributed by atoms with Crippen molar-refractivity contribution in [2.45, 2.75) is 20.8 Å². The number of aryl methyl sites for hydroxylation is 1. The number of aromatic nitrogens is 2. The van der Waals surface area contributed by atoms with E-state index in [1.54, 1.807) is 23.0 Å². The van der Waals surface area contributed by atoms with Gasteiger partial charge in [0, 0.05) is 19.4 Å². The van der Waals surface area contributed by atoms with Crippen molar-refractivity contribution in [1.29, 1.82) is 0 Å². The molecule has 1 aromatic heterocycles. The predicted octanol–water partition coefficient (Wildman–Crippen LogP) is 2.21. The molecule has 0 aliphatic heterocycles.